The van der Waals surface area contributed by atoms with Crippen molar-refractivity contribution in [3.05, 3.63) is 47.5 Å². The quantitative estimate of drug-likeness (QED) is 0.472. The van der Waals surface area contributed by atoms with Crippen molar-refractivity contribution in [1.29, 1.82) is 0 Å². The summed E-state index contributed by atoms with van der Waals surface area (Å²) < 4.78 is 31.0. The minimum Gasteiger partial charge on any atom is -0.493 e. The predicted octanol–water partition coefficient (Wildman–Crippen LogP) is 4.81. The number of hydrogen-bond acceptors (Lipinski definition) is 7. The van der Waals surface area contributed by atoms with Gasteiger partial charge in [0, 0.05) is 36.8 Å². The van der Waals surface area contributed by atoms with Gasteiger partial charge in [-0.05, 0) is 43.5 Å². The lowest BCUT2D eigenvalue weighted by Gasteiger charge is -2.31. The van der Waals surface area contributed by atoms with Gasteiger partial charge in [-0.1, -0.05) is 11.6 Å². The van der Waals surface area contributed by atoms with Gasteiger partial charge in [0.15, 0.2) is 11.5 Å². The van der Waals surface area contributed by atoms with Crippen molar-refractivity contribution in [2.75, 3.05) is 38.7 Å². The number of hydrogen-bond donors (Lipinski definition) is 1. The molecule has 3 heterocycles. The van der Waals surface area contributed by atoms with Crippen molar-refractivity contribution in [2.24, 2.45) is 0 Å². The first kappa shape index (κ1) is 22.1. The normalized spacial score (nSPS) is 20.2. The second-order valence-electron chi connectivity index (χ2n) is 8.42. The first-order valence-electron chi connectivity index (χ1n) is 11.1. The fraction of sp³-hybridized carbons (Fsp3) is 0.417. The smallest absolute Gasteiger partial charge is 0.162 e. The summed E-state index contributed by atoms with van der Waals surface area (Å²) in [6.45, 7) is 3.57. The first-order chi connectivity index (χ1) is 16.1. The van der Waals surface area contributed by atoms with Crippen LogP contribution >= 0.6 is 11.6 Å². The monoisotopic (exact) mass is 472 g/mol. The molecule has 0 saturated carbocycles. The Morgan fingerprint density at radius 2 is 1.97 bits per heavy atom. The van der Waals surface area contributed by atoms with Crippen molar-refractivity contribution in [2.45, 2.75) is 31.5 Å². The molecule has 1 aromatic heterocycles. The molecule has 0 unspecified atom stereocenters. The zero-order valence-electron chi connectivity index (χ0n) is 18.4. The first-order valence-corrected chi connectivity index (χ1v) is 11.5. The number of anilines is 2. The maximum Gasteiger partial charge on any atom is 0.162 e. The molecule has 2 aliphatic heterocycles. The molecule has 2 aliphatic rings. The molecule has 174 valence electrons. The van der Waals surface area contributed by atoms with Gasteiger partial charge in [0.1, 0.15) is 18.0 Å². The van der Waals surface area contributed by atoms with Crippen LogP contribution in [0.5, 0.6) is 11.5 Å². The van der Waals surface area contributed by atoms with E-state index in [-0.39, 0.29) is 5.02 Å². The largest absolute Gasteiger partial charge is 0.493 e. The Labute approximate surface area is 196 Å². The number of nitrogens with one attached hydrogen (secondary N) is 1. The molecule has 2 saturated heterocycles. The molecule has 0 spiro atoms. The second-order valence-corrected chi connectivity index (χ2v) is 8.82. The lowest BCUT2D eigenvalue weighted by molar-refractivity contribution is -0.0391. The third-order valence-electron chi connectivity index (χ3n) is 6.10. The number of likely N-dealkylation sites (tertiary alicyclic amines) is 1. The van der Waals surface area contributed by atoms with E-state index in [2.05, 4.69) is 20.2 Å². The zero-order valence-corrected chi connectivity index (χ0v) is 19.1. The number of ether oxygens (including phenoxy) is 3. The number of benzene rings is 2. The molecule has 2 atom stereocenters. The van der Waals surface area contributed by atoms with Crippen molar-refractivity contribution in [3.8, 4) is 11.5 Å². The van der Waals surface area contributed by atoms with Crippen LogP contribution in [0.3, 0.4) is 0 Å². The number of rotatable bonds is 8. The third kappa shape index (κ3) is 4.98. The van der Waals surface area contributed by atoms with Crippen LogP contribution in [0.4, 0.5) is 15.9 Å². The molecular formula is C24H26ClFN4O3. The Bertz CT molecular complexity index is 1140. The van der Waals surface area contributed by atoms with Gasteiger partial charge in [-0.25, -0.2) is 14.4 Å². The summed E-state index contributed by atoms with van der Waals surface area (Å²) in [6.07, 6.45) is 5.51. The molecule has 2 fully saturated rings. The Morgan fingerprint density at radius 1 is 1.15 bits per heavy atom. The summed E-state index contributed by atoms with van der Waals surface area (Å²) in [6, 6.07) is 8.13. The molecule has 5 rings (SSSR count). The molecule has 2 bridgehead atoms. The Balaban J connectivity index is 1.29. The van der Waals surface area contributed by atoms with Gasteiger partial charge in [0.25, 0.3) is 0 Å². The lowest BCUT2D eigenvalue weighted by atomic mass is 10.2. The average molecular weight is 473 g/mol. The molecule has 9 heteroatoms. The minimum atomic E-state index is -0.472. The summed E-state index contributed by atoms with van der Waals surface area (Å²) in [5, 5.41) is 3.99. The fourth-order valence-corrected chi connectivity index (χ4v) is 4.68. The maximum absolute atomic E-state index is 13.5. The van der Waals surface area contributed by atoms with Crippen molar-refractivity contribution in [1.82, 2.24) is 14.9 Å². The van der Waals surface area contributed by atoms with E-state index in [0.717, 1.165) is 31.4 Å². The Kier molecular flexibility index (Phi) is 6.48. The summed E-state index contributed by atoms with van der Waals surface area (Å²) in [4.78, 5) is 11.2. The SMILES string of the molecule is COc1cc2ncnc(Nc3ccc(F)c(Cl)c3)c2cc1OCCCN1C[C@H]2CC[C@@H](C1)O2. The van der Waals surface area contributed by atoms with Gasteiger partial charge >= 0.3 is 0 Å². The molecule has 1 N–H and O–H groups in total. The summed E-state index contributed by atoms with van der Waals surface area (Å²) in [5.74, 6) is 1.34. The second kappa shape index (κ2) is 9.67. The highest BCUT2D eigenvalue weighted by Crippen LogP contribution is 2.35. The highest BCUT2D eigenvalue weighted by Gasteiger charge is 2.33. The Morgan fingerprint density at radius 3 is 2.73 bits per heavy atom. The van der Waals surface area contributed by atoms with Gasteiger partial charge in [-0.15, -0.1) is 0 Å². The molecule has 0 aliphatic carbocycles. The summed E-state index contributed by atoms with van der Waals surface area (Å²) in [5.41, 5.74) is 1.33. The summed E-state index contributed by atoms with van der Waals surface area (Å²) >= 11 is 5.91. The van der Waals surface area contributed by atoms with E-state index in [1.165, 1.54) is 31.3 Å². The van der Waals surface area contributed by atoms with Gasteiger partial charge in [-0.2, -0.15) is 0 Å². The van der Waals surface area contributed by atoms with E-state index in [4.69, 9.17) is 25.8 Å². The molecule has 0 radical (unpaired) electrons. The van der Waals surface area contributed by atoms with Crippen LogP contribution in [0.15, 0.2) is 36.7 Å². The van der Waals surface area contributed by atoms with Crippen LogP contribution in [0.1, 0.15) is 19.3 Å². The van der Waals surface area contributed by atoms with Gasteiger partial charge in [0.2, 0.25) is 0 Å². The zero-order chi connectivity index (χ0) is 22.8. The van der Waals surface area contributed by atoms with Crippen LogP contribution < -0.4 is 14.8 Å². The molecule has 33 heavy (non-hydrogen) atoms. The van der Waals surface area contributed by atoms with Gasteiger partial charge in [-0.3, -0.25) is 4.90 Å². The van der Waals surface area contributed by atoms with Crippen molar-refractivity contribution >= 4 is 34.0 Å². The van der Waals surface area contributed by atoms with Crippen LogP contribution in [-0.2, 0) is 4.74 Å². The Hall–Kier alpha value is -2.68. The van der Waals surface area contributed by atoms with E-state index in [9.17, 15) is 4.39 Å². The molecule has 7 nitrogen and oxygen atoms in total. The van der Waals surface area contributed by atoms with E-state index in [0.29, 0.717) is 47.3 Å². The van der Waals surface area contributed by atoms with E-state index in [1.807, 2.05) is 12.1 Å². The van der Waals surface area contributed by atoms with Crippen LogP contribution in [0.25, 0.3) is 10.9 Å². The predicted molar refractivity (Wildman–Crippen MR) is 125 cm³/mol. The van der Waals surface area contributed by atoms with Crippen LogP contribution in [-0.4, -0.2) is 60.4 Å². The lowest BCUT2D eigenvalue weighted by Crippen LogP contribution is -2.43. The van der Waals surface area contributed by atoms with Crippen LogP contribution in [0.2, 0.25) is 5.02 Å². The summed E-state index contributed by atoms with van der Waals surface area (Å²) in [7, 11) is 1.61. The topological polar surface area (TPSA) is 68.7 Å². The van der Waals surface area contributed by atoms with E-state index >= 15 is 0 Å². The molecular weight excluding hydrogens is 447 g/mol. The fourth-order valence-electron chi connectivity index (χ4n) is 4.50. The number of morpholine rings is 1. The average Bonchev–Trinajstić information content (AvgIpc) is 3.16. The maximum atomic E-state index is 13.5. The minimum absolute atomic E-state index is 0.0392. The highest BCUT2D eigenvalue weighted by molar-refractivity contribution is 6.31. The number of fused-ring (bicyclic) bond motifs is 3. The molecule has 0 amide bonds. The van der Waals surface area contributed by atoms with Crippen molar-refractivity contribution < 1.29 is 18.6 Å². The third-order valence-corrected chi connectivity index (χ3v) is 6.39. The van der Waals surface area contributed by atoms with Gasteiger partial charge in [0.05, 0.1) is 36.5 Å². The standard InChI is InChI=1S/C24H26ClFN4O3/c1-31-22-11-21-18(24(28-14-27-21)29-15-3-6-20(26)19(25)9-15)10-23(22)32-8-2-7-30-12-16-4-5-17(13-30)33-16/h3,6,9-11,14,16-17H,2,4-5,7-8,12-13H2,1H3,(H,27,28,29)/t16-,17+. The molecule has 3 aromatic rings. The number of aromatic nitrogens is 2. The van der Waals surface area contributed by atoms with Gasteiger partial charge < -0.3 is 19.5 Å². The number of methoxy groups -OCH3 is 1. The number of halogens is 2. The van der Waals surface area contributed by atoms with Crippen LogP contribution in [0, 0.1) is 5.82 Å². The highest BCUT2D eigenvalue weighted by atomic mass is 35.5. The number of nitrogens with zero attached hydrogens (tertiary/aromatic N) is 3. The molecule has 2 aromatic carbocycles. The van der Waals surface area contributed by atoms with Crippen molar-refractivity contribution in [3.63, 3.8) is 0 Å². The van der Waals surface area contributed by atoms with E-state index < -0.39 is 5.82 Å². The van der Waals surface area contributed by atoms with E-state index in [1.54, 1.807) is 13.2 Å².